The molecule has 1 amide bonds. The van der Waals surface area contributed by atoms with E-state index in [-0.39, 0.29) is 16.9 Å². The molecule has 0 aliphatic carbocycles. The number of nitriles is 1. The summed E-state index contributed by atoms with van der Waals surface area (Å²) < 4.78 is 26.4. The van der Waals surface area contributed by atoms with Gasteiger partial charge >= 0.3 is 0 Å². The number of nitrogens with one attached hydrogen (secondary N) is 1. The second-order valence-corrected chi connectivity index (χ2v) is 4.42. The molecule has 0 fully saturated rings. The summed E-state index contributed by atoms with van der Waals surface area (Å²) in [5.74, 6) is -2.01. The van der Waals surface area contributed by atoms with Crippen LogP contribution in [0.15, 0.2) is 36.5 Å². The molecule has 1 unspecified atom stereocenters. The van der Waals surface area contributed by atoms with Gasteiger partial charge in [0.05, 0.1) is 17.2 Å². The predicted octanol–water partition coefficient (Wildman–Crippen LogP) is 2.72. The van der Waals surface area contributed by atoms with Crippen molar-refractivity contribution in [2.45, 2.75) is 13.0 Å². The zero-order chi connectivity index (χ0) is 15.4. The van der Waals surface area contributed by atoms with E-state index in [1.54, 1.807) is 13.0 Å². The molecule has 0 saturated heterocycles. The van der Waals surface area contributed by atoms with Gasteiger partial charge in [0.2, 0.25) is 5.95 Å². The Hall–Kier alpha value is -2.81. The van der Waals surface area contributed by atoms with Crippen LogP contribution in [0.1, 0.15) is 34.5 Å². The van der Waals surface area contributed by atoms with Crippen LogP contribution in [0.2, 0.25) is 0 Å². The molecular formula is C15H11F2N3O. The average molecular weight is 287 g/mol. The van der Waals surface area contributed by atoms with Gasteiger partial charge < -0.3 is 5.32 Å². The Morgan fingerprint density at radius 3 is 2.62 bits per heavy atom. The molecule has 1 N–H and O–H groups in total. The third kappa shape index (κ3) is 3.39. The zero-order valence-corrected chi connectivity index (χ0v) is 11.1. The summed E-state index contributed by atoms with van der Waals surface area (Å²) in [4.78, 5) is 15.4. The monoisotopic (exact) mass is 287 g/mol. The van der Waals surface area contributed by atoms with Gasteiger partial charge in [-0.15, -0.1) is 0 Å². The van der Waals surface area contributed by atoms with Crippen LogP contribution in [0.3, 0.4) is 0 Å². The maximum absolute atomic E-state index is 13.5. The first-order valence-corrected chi connectivity index (χ1v) is 6.13. The molecule has 106 valence electrons. The fourth-order valence-electron chi connectivity index (χ4n) is 1.78. The highest BCUT2D eigenvalue weighted by Crippen LogP contribution is 2.15. The molecule has 2 aromatic rings. The molecule has 21 heavy (non-hydrogen) atoms. The number of pyridine rings is 1. The molecule has 1 atom stereocenters. The number of aromatic nitrogens is 1. The van der Waals surface area contributed by atoms with E-state index in [9.17, 15) is 13.6 Å². The van der Waals surface area contributed by atoms with E-state index in [1.807, 2.05) is 0 Å². The Kier molecular flexibility index (Phi) is 4.24. The lowest BCUT2D eigenvalue weighted by molar-refractivity contribution is 0.0935. The predicted molar refractivity (Wildman–Crippen MR) is 71.2 cm³/mol. The number of carbonyl (C=O) groups excluding carboxylic acids is 1. The van der Waals surface area contributed by atoms with Crippen LogP contribution in [-0.2, 0) is 0 Å². The topological polar surface area (TPSA) is 65.8 Å². The molecule has 0 aliphatic heterocycles. The van der Waals surface area contributed by atoms with Crippen molar-refractivity contribution in [3.05, 3.63) is 65.0 Å². The highest BCUT2D eigenvalue weighted by Gasteiger charge is 2.17. The lowest BCUT2D eigenvalue weighted by Crippen LogP contribution is -2.27. The molecule has 4 nitrogen and oxygen atoms in total. The zero-order valence-electron chi connectivity index (χ0n) is 11.1. The third-order valence-corrected chi connectivity index (χ3v) is 2.93. The molecule has 0 radical (unpaired) electrons. The first-order valence-electron chi connectivity index (χ1n) is 6.13. The van der Waals surface area contributed by atoms with Crippen LogP contribution in [0.4, 0.5) is 8.78 Å². The van der Waals surface area contributed by atoms with E-state index in [2.05, 4.69) is 10.3 Å². The number of rotatable bonds is 3. The lowest BCUT2D eigenvalue weighted by Gasteiger charge is -2.14. The van der Waals surface area contributed by atoms with E-state index < -0.39 is 17.9 Å². The molecule has 6 heteroatoms. The average Bonchev–Trinajstić information content (AvgIpc) is 2.48. The smallest absolute Gasteiger partial charge is 0.256 e. The molecule has 1 aromatic heterocycles. The van der Waals surface area contributed by atoms with Gasteiger partial charge in [-0.2, -0.15) is 9.65 Å². The Labute approximate surface area is 120 Å². The number of benzene rings is 1. The second kappa shape index (κ2) is 6.09. The van der Waals surface area contributed by atoms with Crippen molar-refractivity contribution in [1.82, 2.24) is 10.3 Å². The molecule has 1 aromatic carbocycles. The van der Waals surface area contributed by atoms with Crippen molar-refractivity contribution < 1.29 is 13.6 Å². The summed E-state index contributed by atoms with van der Waals surface area (Å²) >= 11 is 0. The van der Waals surface area contributed by atoms with Gasteiger partial charge in [-0.05, 0) is 30.7 Å². The Morgan fingerprint density at radius 1 is 1.33 bits per heavy atom. The molecule has 0 saturated carbocycles. The quantitative estimate of drug-likeness (QED) is 0.883. The minimum Gasteiger partial charge on any atom is -0.345 e. The van der Waals surface area contributed by atoms with Gasteiger partial charge in [0, 0.05) is 6.20 Å². The summed E-state index contributed by atoms with van der Waals surface area (Å²) in [6.07, 6.45) is 1.05. The number of hydrogen-bond acceptors (Lipinski definition) is 3. The first-order chi connectivity index (χ1) is 10.0. The fourth-order valence-corrected chi connectivity index (χ4v) is 1.78. The fraction of sp³-hybridized carbons (Fsp3) is 0.133. The molecule has 0 aliphatic rings. The van der Waals surface area contributed by atoms with E-state index >= 15 is 0 Å². The van der Waals surface area contributed by atoms with Crippen LogP contribution < -0.4 is 5.32 Å². The van der Waals surface area contributed by atoms with Crippen LogP contribution in [0, 0.1) is 23.1 Å². The van der Waals surface area contributed by atoms with E-state index in [0.717, 1.165) is 12.3 Å². The van der Waals surface area contributed by atoms with Gasteiger partial charge in [0.15, 0.2) is 0 Å². The minimum absolute atomic E-state index is 0.0935. The highest BCUT2D eigenvalue weighted by atomic mass is 19.1. The van der Waals surface area contributed by atoms with Gasteiger partial charge in [-0.25, -0.2) is 9.37 Å². The largest absolute Gasteiger partial charge is 0.345 e. The van der Waals surface area contributed by atoms with Crippen LogP contribution in [0.25, 0.3) is 0 Å². The van der Waals surface area contributed by atoms with Crippen molar-refractivity contribution in [2.75, 3.05) is 0 Å². The highest BCUT2D eigenvalue weighted by molar-refractivity contribution is 5.94. The third-order valence-electron chi connectivity index (χ3n) is 2.93. The maximum atomic E-state index is 13.5. The van der Waals surface area contributed by atoms with Crippen molar-refractivity contribution in [1.29, 1.82) is 5.26 Å². The number of amides is 1. The molecule has 0 bridgehead atoms. The van der Waals surface area contributed by atoms with Gasteiger partial charge in [0.25, 0.3) is 5.91 Å². The van der Waals surface area contributed by atoms with E-state index in [0.29, 0.717) is 5.56 Å². The molecule has 1 heterocycles. The minimum atomic E-state index is -0.946. The summed E-state index contributed by atoms with van der Waals surface area (Å²) in [5, 5.41) is 11.3. The van der Waals surface area contributed by atoms with Crippen LogP contribution in [-0.4, -0.2) is 10.9 Å². The van der Waals surface area contributed by atoms with Crippen molar-refractivity contribution in [3.8, 4) is 6.07 Å². The van der Waals surface area contributed by atoms with Crippen molar-refractivity contribution in [3.63, 3.8) is 0 Å². The van der Waals surface area contributed by atoms with Gasteiger partial charge in [-0.1, -0.05) is 12.1 Å². The Balaban J connectivity index is 2.18. The summed E-state index contributed by atoms with van der Waals surface area (Å²) in [5.41, 5.74) is 0.466. The van der Waals surface area contributed by atoms with Gasteiger partial charge in [-0.3, -0.25) is 4.79 Å². The van der Waals surface area contributed by atoms with Crippen LogP contribution in [0.5, 0.6) is 0 Å². The molecule has 0 spiro atoms. The van der Waals surface area contributed by atoms with E-state index in [1.165, 1.54) is 24.3 Å². The van der Waals surface area contributed by atoms with Crippen molar-refractivity contribution in [2.24, 2.45) is 0 Å². The maximum Gasteiger partial charge on any atom is 0.256 e. The summed E-state index contributed by atoms with van der Waals surface area (Å²) in [7, 11) is 0. The first kappa shape index (κ1) is 14.6. The van der Waals surface area contributed by atoms with Gasteiger partial charge in [0.1, 0.15) is 11.9 Å². The summed E-state index contributed by atoms with van der Waals surface area (Å²) in [6.45, 7) is 1.69. The Bertz CT molecular complexity index is 708. The van der Waals surface area contributed by atoms with E-state index in [4.69, 9.17) is 5.26 Å². The molecule has 2 rings (SSSR count). The summed E-state index contributed by atoms with van der Waals surface area (Å²) in [6, 6.07) is 8.09. The number of halogens is 2. The number of nitrogens with zero attached hydrogens (tertiary/aromatic N) is 2. The number of hydrogen-bond donors (Lipinski definition) is 1. The normalized spacial score (nSPS) is 11.5. The lowest BCUT2D eigenvalue weighted by atomic mass is 10.1. The SMILES string of the molecule is CC(NC(=O)c1cc(C#N)cnc1F)c1ccc(F)cc1. The second-order valence-electron chi connectivity index (χ2n) is 4.42. The Morgan fingerprint density at radius 2 is 2.00 bits per heavy atom. The van der Waals surface area contributed by atoms with Crippen molar-refractivity contribution >= 4 is 5.91 Å². The number of carbonyl (C=O) groups is 1. The standard InChI is InChI=1S/C15H11F2N3O/c1-9(11-2-4-12(16)5-3-11)20-15(21)13-6-10(7-18)8-19-14(13)17/h2-6,8-9H,1H3,(H,20,21). The van der Waals surface area contributed by atoms with Crippen LogP contribution >= 0.6 is 0 Å². The molecular weight excluding hydrogens is 276 g/mol.